The Labute approximate surface area is 366 Å². The molecule has 12 N–H and O–H groups in total. The molecule has 10 amide bonds. The Bertz CT molecular complexity index is 1510. The third-order valence-electron chi connectivity index (χ3n) is 10.1. The molecule has 0 bridgehead atoms. The third-order valence-corrected chi connectivity index (χ3v) is 12.3. The van der Waals surface area contributed by atoms with Crippen LogP contribution in [0.3, 0.4) is 0 Å². The van der Waals surface area contributed by atoms with Gasteiger partial charge in [0.1, 0.15) is 18.1 Å². The highest BCUT2D eigenvalue weighted by Gasteiger charge is 2.42. The first kappa shape index (κ1) is 52.8. The fourth-order valence-corrected chi connectivity index (χ4v) is 9.03. The largest absolute Gasteiger partial charge is 0.368 e. The summed E-state index contributed by atoms with van der Waals surface area (Å²) in [6.45, 7) is 6.85. The monoisotopic (exact) mass is 900 g/mol. The van der Waals surface area contributed by atoms with E-state index in [9.17, 15) is 43.2 Å². The molecule has 2 heterocycles. The number of hydrogen-bond donors (Lipinski definition) is 11. The number of hydrogen-bond acceptors (Lipinski definition) is 12. The highest BCUT2D eigenvalue weighted by atomic mass is 32.2. The van der Waals surface area contributed by atoms with E-state index in [1.165, 1.54) is 17.2 Å². The Kier molecular flexibility index (Phi) is 24.5. The number of hydroxylamine groups is 1. The molecule has 2 fully saturated rings. The second kappa shape index (κ2) is 28.3. The van der Waals surface area contributed by atoms with Crippen molar-refractivity contribution in [1.29, 1.82) is 0 Å². The highest BCUT2D eigenvalue weighted by molar-refractivity contribution is 8.00. The predicted octanol–water partition coefficient (Wildman–Crippen LogP) is -0.472. The number of nitrogens with one attached hydrogen (secondary N) is 9. The topological polar surface area (TPSA) is 308 Å². The van der Waals surface area contributed by atoms with Crippen LogP contribution >= 0.6 is 23.5 Å². The van der Waals surface area contributed by atoms with E-state index in [0.29, 0.717) is 43.2 Å². The minimum absolute atomic E-state index is 0.0307. The van der Waals surface area contributed by atoms with Gasteiger partial charge >= 0.3 is 6.03 Å². The summed E-state index contributed by atoms with van der Waals surface area (Å²) in [5.41, 5.74) is 7.03. The van der Waals surface area contributed by atoms with E-state index in [1.807, 2.05) is 45.7 Å². The zero-order valence-corrected chi connectivity index (χ0v) is 37.7. The molecule has 0 aliphatic carbocycles. The van der Waals surface area contributed by atoms with E-state index < -0.39 is 78.5 Å². The SMILES string of the molecule is CSCC[C@H](NC(=O)[C@H](CC(C)C)NC(=O)C(CC(=O)NO)CC(C)C)C(=O)NCC(=O)NCC(=O)N[C@@H](CCCCNC(=O)CCCC[C@@H]1SC[C@@H]2NC(=O)N[C@@H]21)C(N)=O. The van der Waals surface area contributed by atoms with Gasteiger partial charge in [0.15, 0.2) is 0 Å². The first-order valence-corrected chi connectivity index (χ1v) is 23.5. The fraction of sp³-hybridized carbons (Fsp3) is 0.769. The van der Waals surface area contributed by atoms with Gasteiger partial charge in [-0.25, -0.2) is 10.3 Å². The van der Waals surface area contributed by atoms with Crippen molar-refractivity contribution < 1.29 is 48.4 Å². The number of urea groups is 1. The van der Waals surface area contributed by atoms with Crippen molar-refractivity contribution in [3.05, 3.63) is 0 Å². The van der Waals surface area contributed by atoms with Crippen molar-refractivity contribution >= 4 is 76.8 Å². The predicted molar refractivity (Wildman–Crippen MR) is 232 cm³/mol. The Hall–Kier alpha value is -4.31. The van der Waals surface area contributed by atoms with Gasteiger partial charge in [-0.2, -0.15) is 23.5 Å². The molecule has 2 saturated heterocycles. The zero-order chi connectivity index (χ0) is 45.5. The Morgan fingerprint density at radius 1 is 0.754 bits per heavy atom. The first-order chi connectivity index (χ1) is 28.9. The third kappa shape index (κ3) is 20.9. The molecule has 0 radical (unpaired) electrons. The van der Waals surface area contributed by atoms with Crippen LogP contribution in [0.4, 0.5) is 4.79 Å². The van der Waals surface area contributed by atoms with Crippen molar-refractivity contribution in [2.24, 2.45) is 23.5 Å². The second-order valence-corrected chi connectivity index (χ2v) is 18.6. The van der Waals surface area contributed by atoms with Crippen molar-refractivity contribution in [2.45, 2.75) is 134 Å². The van der Waals surface area contributed by atoms with Crippen molar-refractivity contribution in [3.63, 3.8) is 0 Å². The van der Waals surface area contributed by atoms with E-state index in [1.54, 1.807) is 0 Å². The minimum atomic E-state index is -1.06. The molecule has 0 aromatic heterocycles. The first-order valence-electron chi connectivity index (χ1n) is 21.0. The Morgan fingerprint density at radius 3 is 2.10 bits per heavy atom. The molecule has 2 aliphatic heterocycles. The normalized spacial score (nSPS) is 18.7. The highest BCUT2D eigenvalue weighted by Crippen LogP contribution is 2.33. The number of fused-ring (bicyclic) bond motifs is 1. The summed E-state index contributed by atoms with van der Waals surface area (Å²) in [7, 11) is 0. The van der Waals surface area contributed by atoms with E-state index in [-0.39, 0.29) is 61.5 Å². The number of nitrogens with two attached hydrogens (primary N) is 1. The van der Waals surface area contributed by atoms with Gasteiger partial charge < -0.3 is 48.3 Å². The lowest BCUT2D eigenvalue weighted by atomic mass is 9.92. The summed E-state index contributed by atoms with van der Waals surface area (Å²) >= 11 is 3.28. The lowest BCUT2D eigenvalue weighted by Crippen LogP contribution is -2.55. The maximum Gasteiger partial charge on any atom is 0.315 e. The van der Waals surface area contributed by atoms with E-state index in [2.05, 4.69) is 42.5 Å². The van der Waals surface area contributed by atoms with Crippen LogP contribution in [0, 0.1) is 17.8 Å². The molecule has 0 aromatic carbocycles. The number of primary amides is 1. The average Bonchev–Trinajstić information content (AvgIpc) is 3.76. The minimum Gasteiger partial charge on any atom is -0.368 e. The number of thioether (sulfide) groups is 2. The molecule has 22 heteroatoms. The van der Waals surface area contributed by atoms with Gasteiger partial charge in [-0.05, 0) is 75.2 Å². The van der Waals surface area contributed by atoms with Crippen LogP contribution in [0.1, 0.15) is 98.3 Å². The molecule has 2 rings (SSSR count). The second-order valence-electron chi connectivity index (χ2n) is 16.3. The molecule has 346 valence electrons. The number of unbranched alkanes of at least 4 members (excludes halogenated alkanes) is 2. The van der Waals surface area contributed by atoms with Crippen LogP contribution in [0.25, 0.3) is 0 Å². The van der Waals surface area contributed by atoms with E-state index in [0.717, 1.165) is 25.0 Å². The van der Waals surface area contributed by atoms with Crippen LogP contribution in [0.5, 0.6) is 0 Å². The zero-order valence-electron chi connectivity index (χ0n) is 36.0. The Morgan fingerprint density at radius 2 is 1.44 bits per heavy atom. The molecule has 7 atom stereocenters. The summed E-state index contributed by atoms with van der Waals surface area (Å²) in [5, 5.41) is 30.8. The number of carbonyl (C=O) groups excluding carboxylic acids is 9. The summed E-state index contributed by atoms with van der Waals surface area (Å²) in [4.78, 5) is 113. The molecule has 0 spiro atoms. The molecule has 20 nitrogen and oxygen atoms in total. The van der Waals surface area contributed by atoms with Crippen LogP contribution in [-0.2, 0) is 38.4 Å². The van der Waals surface area contributed by atoms with Crippen LogP contribution in [-0.4, -0.2) is 131 Å². The van der Waals surface area contributed by atoms with Crippen LogP contribution in [0.2, 0.25) is 0 Å². The van der Waals surface area contributed by atoms with Crippen molar-refractivity contribution in [1.82, 2.24) is 48.0 Å². The van der Waals surface area contributed by atoms with Gasteiger partial charge in [0.25, 0.3) is 0 Å². The quantitative estimate of drug-likeness (QED) is 0.0189. The maximum atomic E-state index is 13.5. The van der Waals surface area contributed by atoms with Gasteiger partial charge in [0, 0.05) is 36.3 Å². The molecule has 0 aromatic rings. The lowest BCUT2D eigenvalue weighted by Gasteiger charge is -2.26. The molecule has 2 aliphatic rings. The summed E-state index contributed by atoms with van der Waals surface area (Å²) in [6.07, 6.45) is 6.48. The maximum absolute atomic E-state index is 13.5. The van der Waals surface area contributed by atoms with E-state index >= 15 is 0 Å². The Balaban J connectivity index is 1.75. The van der Waals surface area contributed by atoms with E-state index in [4.69, 9.17) is 10.9 Å². The van der Waals surface area contributed by atoms with Gasteiger partial charge in [-0.1, -0.05) is 34.1 Å². The van der Waals surface area contributed by atoms with Crippen molar-refractivity contribution in [2.75, 3.05) is 37.4 Å². The summed E-state index contributed by atoms with van der Waals surface area (Å²) in [6, 6.07) is -2.90. The lowest BCUT2D eigenvalue weighted by molar-refractivity contribution is -0.137. The van der Waals surface area contributed by atoms with Crippen LogP contribution in [0.15, 0.2) is 0 Å². The molecular weight excluding hydrogens is 833 g/mol. The number of amides is 10. The number of carbonyl (C=O) groups is 9. The smallest absolute Gasteiger partial charge is 0.315 e. The summed E-state index contributed by atoms with van der Waals surface area (Å²) in [5.74, 6) is -4.18. The van der Waals surface area contributed by atoms with Gasteiger partial charge in [-0.3, -0.25) is 43.6 Å². The molecule has 1 unspecified atom stereocenters. The molecule has 61 heavy (non-hydrogen) atoms. The fourth-order valence-electron chi connectivity index (χ4n) is 7.02. The van der Waals surface area contributed by atoms with Gasteiger partial charge in [-0.15, -0.1) is 0 Å². The number of rotatable bonds is 30. The van der Waals surface area contributed by atoms with Crippen LogP contribution < -0.4 is 53.7 Å². The van der Waals surface area contributed by atoms with Gasteiger partial charge in [0.05, 0.1) is 25.2 Å². The summed E-state index contributed by atoms with van der Waals surface area (Å²) < 4.78 is 0. The van der Waals surface area contributed by atoms with Gasteiger partial charge in [0.2, 0.25) is 47.3 Å². The van der Waals surface area contributed by atoms with Crippen molar-refractivity contribution in [3.8, 4) is 0 Å². The standard InChI is InChI=1S/C39H68N10O10S2/c1-22(2)16-24(18-31(51)49-59)36(55)46-27(17-23(3)4)38(57)45-26(13-15-60-5)37(56)43-19-32(52)42-20-33(53)44-25(35(40)54)10-8-9-14-41-30(50)12-7-6-11-29-34-28(21-61-29)47-39(58)48-34/h22-29,34,59H,6-21H2,1-5H3,(H2,40,54)(H,41,50)(H,42,52)(H,43,56)(H,44,53)(H,45,57)(H,46,55)(H,49,51)(H2,47,48,58)/t24?,25-,26-,27-,28-,29-,34-/m0/s1. The molecular formula is C39H68N10O10S2. The molecule has 0 saturated carbocycles. The average molecular weight is 901 g/mol.